The summed E-state index contributed by atoms with van der Waals surface area (Å²) in [6, 6.07) is 10.3. The molecular formula is C17H21N5. The van der Waals surface area contributed by atoms with Gasteiger partial charge in [-0.3, -0.25) is 0 Å². The molecule has 2 heterocycles. The Kier molecular flexibility index (Phi) is 4.65. The van der Waals surface area contributed by atoms with Crippen molar-refractivity contribution in [3.8, 4) is 5.69 Å². The van der Waals surface area contributed by atoms with E-state index in [4.69, 9.17) is 0 Å². The van der Waals surface area contributed by atoms with Crippen molar-refractivity contribution in [3.05, 3.63) is 67.0 Å². The Hall–Kier alpha value is -2.40. The predicted octanol–water partition coefficient (Wildman–Crippen LogP) is 2.49. The Morgan fingerprint density at radius 1 is 1.14 bits per heavy atom. The van der Waals surface area contributed by atoms with Crippen molar-refractivity contribution in [1.29, 1.82) is 0 Å². The van der Waals surface area contributed by atoms with Crippen molar-refractivity contribution in [2.24, 2.45) is 5.92 Å². The van der Waals surface area contributed by atoms with E-state index in [1.165, 1.54) is 5.56 Å². The highest BCUT2D eigenvalue weighted by molar-refractivity contribution is 5.40. The number of hydrogen-bond donors (Lipinski definition) is 1. The minimum Gasteiger partial charge on any atom is -0.337 e. The van der Waals surface area contributed by atoms with Crippen LogP contribution in [-0.2, 0) is 13.1 Å². The van der Waals surface area contributed by atoms with Gasteiger partial charge >= 0.3 is 0 Å². The average molecular weight is 295 g/mol. The van der Waals surface area contributed by atoms with Crippen LogP contribution in [0.2, 0.25) is 0 Å². The molecule has 114 valence electrons. The van der Waals surface area contributed by atoms with E-state index < -0.39 is 0 Å². The minimum atomic E-state index is 0.547. The summed E-state index contributed by atoms with van der Waals surface area (Å²) in [4.78, 5) is 4.08. The van der Waals surface area contributed by atoms with Crippen molar-refractivity contribution in [1.82, 2.24) is 24.6 Å². The number of nitrogens with one attached hydrogen (secondary N) is 1. The summed E-state index contributed by atoms with van der Waals surface area (Å²) < 4.78 is 4.02. The topological polar surface area (TPSA) is 47.7 Å². The fourth-order valence-corrected chi connectivity index (χ4v) is 2.57. The van der Waals surface area contributed by atoms with Gasteiger partial charge in [-0.1, -0.05) is 25.1 Å². The molecule has 0 aliphatic rings. The van der Waals surface area contributed by atoms with Gasteiger partial charge in [0.1, 0.15) is 0 Å². The molecule has 1 aromatic carbocycles. The highest BCUT2D eigenvalue weighted by atomic mass is 15.3. The molecular weight excluding hydrogens is 274 g/mol. The maximum atomic E-state index is 4.32. The van der Waals surface area contributed by atoms with Crippen LogP contribution in [0.15, 0.2) is 61.4 Å². The number of nitrogens with zero attached hydrogens (tertiary/aromatic N) is 4. The van der Waals surface area contributed by atoms with Gasteiger partial charge in [-0.15, -0.1) is 0 Å². The number of para-hydroxylation sites is 1. The molecule has 5 heteroatoms. The van der Waals surface area contributed by atoms with Gasteiger partial charge in [-0.2, -0.15) is 5.10 Å². The first kappa shape index (κ1) is 14.5. The van der Waals surface area contributed by atoms with Crippen LogP contribution in [-0.4, -0.2) is 25.9 Å². The summed E-state index contributed by atoms with van der Waals surface area (Å²) in [5.74, 6) is 0.547. The average Bonchev–Trinajstić information content (AvgIpc) is 3.21. The third kappa shape index (κ3) is 3.62. The molecule has 3 aromatic rings. The van der Waals surface area contributed by atoms with E-state index in [0.717, 1.165) is 25.3 Å². The van der Waals surface area contributed by atoms with Crippen LogP contribution in [0.1, 0.15) is 12.5 Å². The second kappa shape index (κ2) is 7.04. The second-order valence-corrected chi connectivity index (χ2v) is 5.57. The quantitative estimate of drug-likeness (QED) is 0.728. The molecule has 0 fully saturated rings. The van der Waals surface area contributed by atoms with Crippen LogP contribution in [0.25, 0.3) is 5.69 Å². The van der Waals surface area contributed by atoms with Gasteiger partial charge in [0.15, 0.2) is 0 Å². The fourth-order valence-electron chi connectivity index (χ4n) is 2.57. The summed E-state index contributed by atoms with van der Waals surface area (Å²) in [6.45, 7) is 5.02. The number of hydrogen-bond acceptors (Lipinski definition) is 3. The predicted molar refractivity (Wildman–Crippen MR) is 86.7 cm³/mol. The number of benzene rings is 1. The van der Waals surface area contributed by atoms with Crippen molar-refractivity contribution in [2.45, 2.75) is 20.0 Å². The Bertz CT molecular complexity index is 673. The zero-order valence-corrected chi connectivity index (χ0v) is 12.8. The Morgan fingerprint density at radius 2 is 2.05 bits per heavy atom. The zero-order valence-electron chi connectivity index (χ0n) is 12.8. The monoisotopic (exact) mass is 295 g/mol. The Labute approximate surface area is 130 Å². The van der Waals surface area contributed by atoms with Gasteiger partial charge in [0, 0.05) is 37.9 Å². The lowest BCUT2D eigenvalue weighted by Gasteiger charge is -2.15. The van der Waals surface area contributed by atoms with Crippen molar-refractivity contribution in [3.63, 3.8) is 0 Å². The summed E-state index contributed by atoms with van der Waals surface area (Å²) >= 11 is 0. The van der Waals surface area contributed by atoms with Crippen LogP contribution < -0.4 is 5.32 Å². The first-order chi connectivity index (χ1) is 10.8. The summed E-state index contributed by atoms with van der Waals surface area (Å²) in [5, 5.41) is 7.86. The molecule has 0 amide bonds. The zero-order chi connectivity index (χ0) is 15.2. The largest absolute Gasteiger partial charge is 0.337 e. The lowest BCUT2D eigenvalue weighted by Crippen LogP contribution is -2.24. The summed E-state index contributed by atoms with van der Waals surface area (Å²) in [5.41, 5.74) is 2.38. The lowest BCUT2D eigenvalue weighted by molar-refractivity contribution is 0.444. The minimum absolute atomic E-state index is 0.547. The molecule has 0 aliphatic heterocycles. The smallest absolute Gasteiger partial charge is 0.0946 e. The molecule has 22 heavy (non-hydrogen) atoms. The normalized spacial score (nSPS) is 12.4. The van der Waals surface area contributed by atoms with E-state index in [1.807, 2.05) is 41.7 Å². The van der Waals surface area contributed by atoms with Crippen molar-refractivity contribution < 1.29 is 0 Å². The molecule has 0 radical (unpaired) electrons. The van der Waals surface area contributed by atoms with E-state index >= 15 is 0 Å². The first-order valence-corrected chi connectivity index (χ1v) is 7.57. The van der Waals surface area contributed by atoms with Crippen molar-refractivity contribution in [2.75, 3.05) is 6.54 Å². The molecule has 0 spiro atoms. The van der Waals surface area contributed by atoms with Crippen LogP contribution >= 0.6 is 0 Å². The highest BCUT2D eigenvalue weighted by Gasteiger charge is 2.06. The SMILES string of the molecule is C[C@H](CNCc1ccccc1-n1cccn1)Cn1ccnc1. The lowest BCUT2D eigenvalue weighted by atomic mass is 10.1. The van der Waals surface area contributed by atoms with E-state index in [9.17, 15) is 0 Å². The molecule has 1 N–H and O–H groups in total. The van der Waals surface area contributed by atoms with E-state index in [-0.39, 0.29) is 0 Å². The molecule has 2 aromatic heterocycles. The summed E-state index contributed by atoms with van der Waals surface area (Å²) in [7, 11) is 0. The van der Waals surface area contributed by atoms with Crippen LogP contribution in [0.4, 0.5) is 0 Å². The number of imidazole rings is 1. The maximum Gasteiger partial charge on any atom is 0.0946 e. The fraction of sp³-hybridized carbons (Fsp3) is 0.294. The van der Waals surface area contributed by atoms with E-state index in [1.54, 1.807) is 6.20 Å². The molecule has 0 aliphatic carbocycles. The molecule has 3 rings (SSSR count). The van der Waals surface area contributed by atoms with Crippen molar-refractivity contribution >= 4 is 0 Å². The molecule has 0 bridgehead atoms. The molecule has 1 atom stereocenters. The third-order valence-corrected chi connectivity index (χ3v) is 3.63. The van der Waals surface area contributed by atoms with Gasteiger partial charge in [0.2, 0.25) is 0 Å². The molecule has 0 unspecified atom stereocenters. The van der Waals surface area contributed by atoms with E-state index in [2.05, 4.69) is 45.1 Å². The summed E-state index contributed by atoms with van der Waals surface area (Å²) in [6.07, 6.45) is 9.46. The van der Waals surface area contributed by atoms with Crippen LogP contribution in [0.3, 0.4) is 0 Å². The highest BCUT2D eigenvalue weighted by Crippen LogP contribution is 2.13. The molecule has 0 saturated heterocycles. The standard InChI is InChI=1S/C17H21N5/c1-15(13-21-10-8-18-14-21)11-19-12-16-5-2-3-6-17(16)22-9-4-7-20-22/h2-10,14-15,19H,11-13H2,1H3/t15-/m1/s1. The van der Waals surface area contributed by atoms with Gasteiger partial charge in [-0.05, 0) is 30.2 Å². The van der Waals surface area contributed by atoms with Gasteiger partial charge < -0.3 is 9.88 Å². The van der Waals surface area contributed by atoms with Crippen LogP contribution in [0.5, 0.6) is 0 Å². The Morgan fingerprint density at radius 3 is 2.82 bits per heavy atom. The number of aromatic nitrogens is 4. The second-order valence-electron chi connectivity index (χ2n) is 5.57. The third-order valence-electron chi connectivity index (χ3n) is 3.63. The molecule has 0 saturated carbocycles. The maximum absolute atomic E-state index is 4.32. The van der Waals surface area contributed by atoms with Gasteiger partial charge in [-0.25, -0.2) is 9.67 Å². The van der Waals surface area contributed by atoms with Gasteiger partial charge in [0.05, 0.1) is 12.0 Å². The Balaban J connectivity index is 1.56. The van der Waals surface area contributed by atoms with Crippen LogP contribution in [0, 0.1) is 5.92 Å². The number of rotatable bonds is 7. The first-order valence-electron chi connectivity index (χ1n) is 7.57. The molecule has 5 nitrogen and oxygen atoms in total. The van der Waals surface area contributed by atoms with Gasteiger partial charge in [0.25, 0.3) is 0 Å². The van der Waals surface area contributed by atoms with E-state index in [0.29, 0.717) is 5.92 Å².